The molecule has 0 aliphatic heterocycles. The lowest BCUT2D eigenvalue weighted by Crippen LogP contribution is -2.00. The molecule has 2 atom stereocenters. The molecular formula is C7H10O3. The molecule has 0 aromatic rings. The molecule has 3 heteroatoms. The molecule has 0 radical (unpaired) electrons. The Kier molecular flexibility index (Phi) is 1.74. The topological polar surface area (TPSA) is 54.4 Å². The van der Waals surface area contributed by atoms with E-state index in [1.54, 1.807) is 0 Å². The number of carbonyl (C=O) groups is 2. The molecule has 0 bridgehead atoms. The minimum absolute atomic E-state index is 0.0519. The molecule has 0 aromatic heterocycles. The predicted molar refractivity (Wildman–Crippen MR) is 34.5 cm³/mol. The predicted octanol–water partition coefficient (Wildman–Crippen LogP) is 0.686. The van der Waals surface area contributed by atoms with Crippen LogP contribution in [-0.2, 0) is 9.59 Å². The summed E-state index contributed by atoms with van der Waals surface area (Å²) in [5.74, 6) is -0.480. The number of carbonyl (C=O) groups excluding carboxylic acids is 1. The van der Waals surface area contributed by atoms with E-state index in [0.29, 0.717) is 0 Å². The standard InChI is InChI=1S/C7H10O3/c1-4(8)6-2-5(6)3-7(9)10/h5-6H,2-3H2,1H3,(H,9,10)/t5-,6-/m0/s1. The smallest absolute Gasteiger partial charge is 0.303 e. The number of hydrogen-bond donors (Lipinski definition) is 1. The van der Waals surface area contributed by atoms with Crippen molar-refractivity contribution in [3.8, 4) is 0 Å². The largest absolute Gasteiger partial charge is 0.481 e. The van der Waals surface area contributed by atoms with Crippen LogP contribution in [0.4, 0.5) is 0 Å². The first kappa shape index (κ1) is 7.25. The van der Waals surface area contributed by atoms with Crippen LogP contribution in [0.15, 0.2) is 0 Å². The number of hydrogen-bond acceptors (Lipinski definition) is 2. The highest BCUT2D eigenvalue weighted by Crippen LogP contribution is 2.41. The number of ketones is 1. The molecule has 0 amide bonds. The number of rotatable bonds is 3. The third-order valence-corrected chi connectivity index (χ3v) is 1.88. The molecule has 0 spiro atoms. The minimum atomic E-state index is -0.797. The zero-order chi connectivity index (χ0) is 7.72. The van der Waals surface area contributed by atoms with E-state index in [4.69, 9.17) is 5.11 Å². The lowest BCUT2D eigenvalue weighted by atomic mass is 10.2. The number of aliphatic carboxylic acids is 1. The van der Waals surface area contributed by atoms with Gasteiger partial charge in [0, 0.05) is 12.3 Å². The van der Waals surface area contributed by atoms with Gasteiger partial charge in [-0.05, 0) is 19.3 Å². The molecule has 0 heterocycles. The van der Waals surface area contributed by atoms with E-state index in [1.165, 1.54) is 6.92 Å². The molecule has 1 saturated carbocycles. The normalized spacial score (nSPS) is 29.7. The highest BCUT2D eigenvalue weighted by molar-refractivity contribution is 5.82. The SMILES string of the molecule is CC(=O)[C@@H]1C[C@H]1CC(=O)O. The van der Waals surface area contributed by atoms with Gasteiger partial charge in [0.2, 0.25) is 0 Å². The number of carboxylic acids is 1. The Bertz CT molecular complexity index is 174. The van der Waals surface area contributed by atoms with Gasteiger partial charge in [-0.15, -0.1) is 0 Å². The lowest BCUT2D eigenvalue weighted by Gasteiger charge is -1.89. The molecule has 1 rings (SSSR count). The van der Waals surface area contributed by atoms with Crippen molar-refractivity contribution in [1.82, 2.24) is 0 Å². The molecule has 0 unspecified atom stereocenters. The second-order valence-electron chi connectivity index (χ2n) is 2.81. The molecule has 0 saturated heterocycles. The van der Waals surface area contributed by atoms with Crippen molar-refractivity contribution in [2.75, 3.05) is 0 Å². The molecular weight excluding hydrogens is 132 g/mol. The van der Waals surface area contributed by atoms with E-state index >= 15 is 0 Å². The van der Waals surface area contributed by atoms with Crippen LogP contribution in [0.2, 0.25) is 0 Å². The number of Topliss-reactive ketones (excluding diaryl/α,β-unsaturated/α-hetero) is 1. The Morgan fingerprint density at radius 3 is 2.50 bits per heavy atom. The van der Waals surface area contributed by atoms with Crippen molar-refractivity contribution < 1.29 is 14.7 Å². The van der Waals surface area contributed by atoms with Crippen LogP contribution in [0.25, 0.3) is 0 Å². The summed E-state index contributed by atoms with van der Waals surface area (Å²) in [4.78, 5) is 20.7. The fraction of sp³-hybridized carbons (Fsp3) is 0.714. The van der Waals surface area contributed by atoms with Crippen LogP contribution >= 0.6 is 0 Å². The maximum absolute atomic E-state index is 10.6. The second kappa shape index (κ2) is 2.40. The van der Waals surface area contributed by atoms with Gasteiger partial charge in [-0.25, -0.2) is 0 Å². The van der Waals surface area contributed by atoms with Gasteiger partial charge >= 0.3 is 5.97 Å². The van der Waals surface area contributed by atoms with Gasteiger partial charge in [0.15, 0.2) is 0 Å². The molecule has 1 aliphatic carbocycles. The Labute approximate surface area is 59.0 Å². The molecule has 1 aliphatic rings. The van der Waals surface area contributed by atoms with Gasteiger partial charge in [-0.2, -0.15) is 0 Å². The third-order valence-electron chi connectivity index (χ3n) is 1.88. The Hall–Kier alpha value is -0.860. The molecule has 10 heavy (non-hydrogen) atoms. The van der Waals surface area contributed by atoms with Crippen molar-refractivity contribution in [2.45, 2.75) is 19.8 Å². The van der Waals surface area contributed by atoms with Crippen molar-refractivity contribution in [2.24, 2.45) is 11.8 Å². The quantitative estimate of drug-likeness (QED) is 0.630. The van der Waals surface area contributed by atoms with Gasteiger partial charge in [0.05, 0.1) is 0 Å². The zero-order valence-electron chi connectivity index (χ0n) is 5.83. The molecule has 56 valence electrons. The Balaban J connectivity index is 2.26. The summed E-state index contributed by atoms with van der Waals surface area (Å²) in [6.45, 7) is 1.52. The van der Waals surface area contributed by atoms with Gasteiger partial charge in [-0.3, -0.25) is 9.59 Å². The van der Waals surface area contributed by atoms with Crippen LogP contribution in [0.1, 0.15) is 19.8 Å². The summed E-state index contributed by atoms with van der Waals surface area (Å²) in [5.41, 5.74) is 0. The summed E-state index contributed by atoms with van der Waals surface area (Å²) in [5, 5.41) is 8.31. The third kappa shape index (κ3) is 1.56. The second-order valence-corrected chi connectivity index (χ2v) is 2.81. The van der Waals surface area contributed by atoms with E-state index in [9.17, 15) is 9.59 Å². The van der Waals surface area contributed by atoms with Gasteiger partial charge in [-0.1, -0.05) is 0 Å². The van der Waals surface area contributed by atoms with Crippen molar-refractivity contribution in [3.63, 3.8) is 0 Å². The average molecular weight is 142 g/mol. The highest BCUT2D eigenvalue weighted by Gasteiger charge is 2.41. The van der Waals surface area contributed by atoms with Crippen LogP contribution in [-0.4, -0.2) is 16.9 Å². The number of carboxylic acid groups (broad SMARTS) is 1. The fourth-order valence-corrected chi connectivity index (χ4v) is 1.20. The first-order chi connectivity index (χ1) is 4.61. The van der Waals surface area contributed by atoms with Gasteiger partial charge in [0.25, 0.3) is 0 Å². The molecule has 0 aromatic carbocycles. The molecule has 1 N–H and O–H groups in total. The van der Waals surface area contributed by atoms with Crippen molar-refractivity contribution in [3.05, 3.63) is 0 Å². The van der Waals surface area contributed by atoms with Gasteiger partial charge < -0.3 is 5.11 Å². The maximum Gasteiger partial charge on any atom is 0.303 e. The summed E-state index contributed by atoms with van der Waals surface area (Å²) in [6.07, 6.45) is 0.936. The van der Waals surface area contributed by atoms with Crippen molar-refractivity contribution in [1.29, 1.82) is 0 Å². The average Bonchev–Trinajstić information content (AvgIpc) is 2.43. The van der Waals surface area contributed by atoms with E-state index in [1.807, 2.05) is 0 Å². The first-order valence-electron chi connectivity index (χ1n) is 3.33. The van der Waals surface area contributed by atoms with Crippen LogP contribution in [0.3, 0.4) is 0 Å². The maximum atomic E-state index is 10.6. The fourth-order valence-electron chi connectivity index (χ4n) is 1.20. The van der Waals surface area contributed by atoms with E-state index in [0.717, 1.165) is 6.42 Å². The Morgan fingerprint density at radius 2 is 2.20 bits per heavy atom. The zero-order valence-corrected chi connectivity index (χ0v) is 5.83. The monoisotopic (exact) mass is 142 g/mol. The summed E-state index contributed by atoms with van der Waals surface area (Å²) in [7, 11) is 0. The van der Waals surface area contributed by atoms with E-state index in [-0.39, 0.29) is 24.0 Å². The highest BCUT2D eigenvalue weighted by atomic mass is 16.4. The van der Waals surface area contributed by atoms with Crippen molar-refractivity contribution >= 4 is 11.8 Å². The van der Waals surface area contributed by atoms with Crippen LogP contribution < -0.4 is 0 Å². The Morgan fingerprint density at radius 1 is 1.60 bits per heavy atom. The minimum Gasteiger partial charge on any atom is -0.481 e. The summed E-state index contributed by atoms with van der Waals surface area (Å²) >= 11 is 0. The summed E-state index contributed by atoms with van der Waals surface area (Å²) in [6, 6.07) is 0. The lowest BCUT2D eigenvalue weighted by molar-refractivity contribution is -0.137. The van der Waals surface area contributed by atoms with Gasteiger partial charge in [0.1, 0.15) is 5.78 Å². The van der Waals surface area contributed by atoms with E-state index in [2.05, 4.69) is 0 Å². The van der Waals surface area contributed by atoms with Crippen LogP contribution in [0, 0.1) is 11.8 Å². The van der Waals surface area contributed by atoms with E-state index < -0.39 is 5.97 Å². The molecule has 3 nitrogen and oxygen atoms in total. The molecule has 1 fully saturated rings. The summed E-state index contributed by atoms with van der Waals surface area (Å²) < 4.78 is 0. The first-order valence-corrected chi connectivity index (χ1v) is 3.33. The van der Waals surface area contributed by atoms with Crippen LogP contribution in [0.5, 0.6) is 0 Å².